The Morgan fingerprint density at radius 1 is 1.07 bits per heavy atom. The van der Waals surface area contributed by atoms with Gasteiger partial charge in [-0.05, 0) is 60.5 Å². The zero-order valence-corrected chi connectivity index (χ0v) is 16.4. The number of carbonyl (C=O) groups excluding carboxylic acids is 1. The number of aryl methyl sites for hydroxylation is 1. The van der Waals surface area contributed by atoms with Crippen molar-refractivity contribution in [3.63, 3.8) is 0 Å². The van der Waals surface area contributed by atoms with Crippen molar-refractivity contribution in [2.45, 2.75) is 6.92 Å². The first kappa shape index (κ1) is 19.3. The number of hydrogen-bond acceptors (Lipinski definition) is 6. The second-order valence-electron chi connectivity index (χ2n) is 6.59. The van der Waals surface area contributed by atoms with Gasteiger partial charge in [0.05, 0.1) is 18.8 Å². The van der Waals surface area contributed by atoms with E-state index in [2.05, 4.69) is 0 Å². The maximum absolute atomic E-state index is 13.0. The van der Waals surface area contributed by atoms with Gasteiger partial charge >= 0.3 is 5.97 Å². The van der Waals surface area contributed by atoms with Gasteiger partial charge in [-0.15, -0.1) is 0 Å². The first-order valence-electron chi connectivity index (χ1n) is 9.20. The first-order valence-corrected chi connectivity index (χ1v) is 9.20. The average Bonchev–Trinajstić information content (AvgIpc) is 3.29. The molecule has 0 saturated heterocycles. The van der Waals surface area contributed by atoms with Crippen LogP contribution in [0.3, 0.4) is 0 Å². The van der Waals surface area contributed by atoms with Crippen LogP contribution in [0.2, 0.25) is 0 Å². The Labute approximate surface area is 172 Å². The molecule has 30 heavy (non-hydrogen) atoms. The molecule has 0 amide bonds. The monoisotopic (exact) mass is 402 g/mol. The van der Waals surface area contributed by atoms with Gasteiger partial charge in [0.2, 0.25) is 16.9 Å². The lowest BCUT2D eigenvalue weighted by molar-refractivity contribution is -0.129. The number of furan rings is 1. The lowest BCUT2D eigenvalue weighted by atomic mass is 10.1. The molecule has 0 fully saturated rings. The molecule has 4 rings (SSSR count). The Bertz CT molecular complexity index is 1280. The highest BCUT2D eigenvalue weighted by molar-refractivity contribution is 5.90. The van der Waals surface area contributed by atoms with Gasteiger partial charge in [-0.1, -0.05) is 18.2 Å². The Morgan fingerprint density at radius 3 is 2.57 bits per heavy atom. The maximum Gasteiger partial charge on any atom is 0.336 e. The molecule has 6 nitrogen and oxygen atoms in total. The van der Waals surface area contributed by atoms with Crippen LogP contribution in [-0.2, 0) is 4.79 Å². The summed E-state index contributed by atoms with van der Waals surface area (Å²) in [5, 5.41) is 0.317. The number of rotatable bonds is 5. The van der Waals surface area contributed by atoms with Gasteiger partial charge in [0.15, 0.2) is 5.76 Å². The topological polar surface area (TPSA) is 78.9 Å². The highest BCUT2D eigenvalue weighted by Crippen LogP contribution is 2.31. The summed E-state index contributed by atoms with van der Waals surface area (Å²) in [6.45, 7) is 1.89. The average molecular weight is 402 g/mol. The number of benzene rings is 2. The zero-order chi connectivity index (χ0) is 21.1. The molecule has 0 spiro atoms. The van der Waals surface area contributed by atoms with Gasteiger partial charge in [0, 0.05) is 6.08 Å². The Hall–Kier alpha value is -4.06. The summed E-state index contributed by atoms with van der Waals surface area (Å²) in [5.74, 6) is 0.136. The van der Waals surface area contributed by atoms with Crippen LogP contribution in [-0.4, -0.2) is 13.1 Å². The molecule has 0 N–H and O–H groups in total. The number of hydrogen-bond donors (Lipinski definition) is 0. The molecule has 0 saturated carbocycles. The molecule has 0 aliphatic heterocycles. The minimum atomic E-state index is -0.711. The van der Waals surface area contributed by atoms with Crippen molar-refractivity contribution in [3.8, 4) is 23.0 Å². The molecule has 0 radical (unpaired) electrons. The van der Waals surface area contributed by atoms with Gasteiger partial charge < -0.3 is 18.3 Å². The summed E-state index contributed by atoms with van der Waals surface area (Å²) in [4.78, 5) is 25.4. The normalized spacial score (nSPS) is 11.1. The van der Waals surface area contributed by atoms with Crippen LogP contribution in [0.5, 0.6) is 11.5 Å². The van der Waals surface area contributed by atoms with Crippen LogP contribution < -0.4 is 14.9 Å². The predicted octanol–water partition coefficient (Wildman–Crippen LogP) is 4.99. The summed E-state index contributed by atoms with van der Waals surface area (Å²) in [5.41, 5.74) is 1.65. The summed E-state index contributed by atoms with van der Waals surface area (Å²) in [6, 6.07) is 15.6. The number of fused-ring (bicyclic) bond motifs is 1. The summed E-state index contributed by atoms with van der Waals surface area (Å²) >= 11 is 0. The lowest BCUT2D eigenvalue weighted by Crippen LogP contribution is -2.14. The molecule has 0 aliphatic carbocycles. The largest absolute Gasteiger partial charge is 0.497 e. The Balaban J connectivity index is 1.70. The highest BCUT2D eigenvalue weighted by atomic mass is 16.5. The predicted molar refractivity (Wildman–Crippen MR) is 113 cm³/mol. The third kappa shape index (κ3) is 3.89. The van der Waals surface area contributed by atoms with Gasteiger partial charge in [0.1, 0.15) is 11.3 Å². The van der Waals surface area contributed by atoms with E-state index < -0.39 is 11.4 Å². The van der Waals surface area contributed by atoms with Crippen molar-refractivity contribution in [2.24, 2.45) is 0 Å². The Kier molecular flexibility index (Phi) is 5.22. The smallest absolute Gasteiger partial charge is 0.336 e. The molecule has 2 aromatic carbocycles. The molecule has 2 heterocycles. The van der Waals surface area contributed by atoms with Crippen LogP contribution in [0.1, 0.15) is 11.1 Å². The van der Waals surface area contributed by atoms with E-state index in [4.69, 9.17) is 18.3 Å². The highest BCUT2D eigenvalue weighted by Gasteiger charge is 2.21. The molecular formula is C24H18O6. The first-order chi connectivity index (χ1) is 14.5. The summed E-state index contributed by atoms with van der Waals surface area (Å²) in [6.07, 6.45) is 4.28. The minimum Gasteiger partial charge on any atom is -0.497 e. The van der Waals surface area contributed by atoms with E-state index in [1.54, 1.807) is 67.8 Å². The van der Waals surface area contributed by atoms with Gasteiger partial charge in [0.25, 0.3) is 0 Å². The van der Waals surface area contributed by atoms with Crippen molar-refractivity contribution in [3.05, 3.63) is 88.3 Å². The second-order valence-corrected chi connectivity index (χ2v) is 6.59. The Morgan fingerprint density at radius 2 is 1.87 bits per heavy atom. The SMILES string of the molecule is COc1ccc(C=CC(=O)Oc2c(-c3ccco3)oc3cc(C)ccc3c2=O)cc1. The molecule has 150 valence electrons. The van der Waals surface area contributed by atoms with E-state index in [0.717, 1.165) is 11.1 Å². The van der Waals surface area contributed by atoms with E-state index >= 15 is 0 Å². The molecule has 0 bridgehead atoms. The van der Waals surface area contributed by atoms with Crippen LogP contribution in [0, 0.1) is 6.92 Å². The van der Waals surface area contributed by atoms with Crippen LogP contribution in [0.4, 0.5) is 0 Å². The zero-order valence-electron chi connectivity index (χ0n) is 16.4. The van der Waals surface area contributed by atoms with E-state index in [-0.39, 0.29) is 17.3 Å². The second kappa shape index (κ2) is 8.13. The standard InChI is InChI=1S/C24H18O6/c1-15-5-11-18-20(14-15)29-23(19-4-3-13-28-19)24(22(18)26)30-21(25)12-8-16-6-9-17(27-2)10-7-16/h3-14H,1-2H3. The van der Waals surface area contributed by atoms with Gasteiger partial charge in [-0.25, -0.2) is 4.79 Å². The van der Waals surface area contributed by atoms with Crippen LogP contribution >= 0.6 is 0 Å². The summed E-state index contributed by atoms with van der Waals surface area (Å²) in [7, 11) is 1.58. The van der Waals surface area contributed by atoms with E-state index in [9.17, 15) is 9.59 Å². The molecule has 0 aliphatic rings. The molecule has 0 atom stereocenters. The van der Waals surface area contributed by atoms with Crippen molar-refractivity contribution < 1.29 is 23.1 Å². The molecular weight excluding hydrogens is 384 g/mol. The maximum atomic E-state index is 13.0. The third-order valence-corrected chi connectivity index (χ3v) is 4.48. The fourth-order valence-corrected chi connectivity index (χ4v) is 2.96. The van der Waals surface area contributed by atoms with E-state index in [0.29, 0.717) is 16.7 Å². The quantitative estimate of drug-likeness (QED) is 0.346. The van der Waals surface area contributed by atoms with Crippen molar-refractivity contribution >= 4 is 23.0 Å². The fourth-order valence-electron chi connectivity index (χ4n) is 2.96. The van der Waals surface area contributed by atoms with Crippen molar-refractivity contribution in [1.82, 2.24) is 0 Å². The number of ether oxygens (including phenoxy) is 2. The summed E-state index contributed by atoms with van der Waals surface area (Å²) < 4.78 is 21.7. The molecule has 6 heteroatoms. The molecule has 4 aromatic rings. The van der Waals surface area contributed by atoms with Gasteiger partial charge in [-0.2, -0.15) is 0 Å². The van der Waals surface area contributed by atoms with Crippen LogP contribution in [0.15, 0.2) is 80.6 Å². The third-order valence-electron chi connectivity index (χ3n) is 4.48. The van der Waals surface area contributed by atoms with Crippen LogP contribution in [0.25, 0.3) is 28.6 Å². The molecule has 0 unspecified atom stereocenters. The number of methoxy groups -OCH3 is 1. The van der Waals surface area contributed by atoms with Crippen molar-refractivity contribution in [1.29, 1.82) is 0 Å². The molecule has 2 aromatic heterocycles. The number of esters is 1. The number of carbonyl (C=O) groups is 1. The fraction of sp³-hybridized carbons (Fsp3) is 0.0833. The minimum absolute atomic E-state index is 0.0642. The van der Waals surface area contributed by atoms with Gasteiger partial charge in [-0.3, -0.25) is 4.79 Å². The van der Waals surface area contributed by atoms with E-state index in [1.807, 2.05) is 6.92 Å². The van der Waals surface area contributed by atoms with E-state index in [1.165, 1.54) is 12.3 Å². The lowest BCUT2D eigenvalue weighted by Gasteiger charge is -2.08. The van der Waals surface area contributed by atoms with Crippen molar-refractivity contribution in [2.75, 3.05) is 7.11 Å².